The highest BCUT2D eigenvalue weighted by Gasteiger charge is 2.06. The number of anilines is 1. The van der Waals surface area contributed by atoms with Gasteiger partial charge in [-0.25, -0.2) is 0 Å². The Morgan fingerprint density at radius 1 is 1.20 bits per heavy atom. The van der Waals surface area contributed by atoms with Crippen LogP contribution in [0.15, 0.2) is 24.3 Å². The Morgan fingerprint density at radius 2 is 1.87 bits per heavy atom. The van der Waals surface area contributed by atoms with Gasteiger partial charge < -0.3 is 10.4 Å². The summed E-state index contributed by atoms with van der Waals surface area (Å²) in [5.74, 6) is 0.823. The van der Waals surface area contributed by atoms with E-state index >= 15 is 0 Å². The van der Waals surface area contributed by atoms with E-state index in [2.05, 4.69) is 37.4 Å². The van der Waals surface area contributed by atoms with Crippen molar-refractivity contribution in [1.82, 2.24) is 0 Å². The number of rotatable bonds is 5. The summed E-state index contributed by atoms with van der Waals surface area (Å²) in [5, 5.41) is 12.3. The minimum absolute atomic E-state index is 0.233. The molecule has 0 bridgehead atoms. The molecule has 84 valence electrons. The lowest BCUT2D eigenvalue weighted by Gasteiger charge is -2.16. The summed E-state index contributed by atoms with van der Waals surface area (Å²) in [7, 11) is 0. The summed E-state index contributed by atoms with van der Waals surface area (Å²) >= 11 is 0. The van der Waals surface area contributed by atoms with Gasteiger partial charge in [0.15, 0.2) is 0 Å². The first-order valence-corrected chi connectivity index (χ1v) is 5.58. The first-order valence-electron chi connectivity index (χ1n) is 5.58. The van der Waals surface area contributed by atoms with Gasteiger partial charge in [0, 0.05) is 18.8 Å². The van der Waals surface area contributed by atoms with Crippen LogP contribution < -0.4 is 5.32 Å². The van der Waals surface area contributed by atoms with E-state index in [1.165, 1.54) is 11.3 Å². The van der Waals surface area contributed by atoms with Crippen LogP contribution in [0.2, 0.25) is 0 Å². The molecule has 0 heterocycles. The van der Waals surface area contributed by atoms with E-state index in [0.717, 1.165) is 6.54 Å². The molecule has 1 rings (SSSR count). The van der Waals surface area contributed by atoms with Crippen LogP contribution in [0.5, 0.6) is 0 Å². The molecule has 0 aliphatic carbocycles. The van der Waals surface area contributed by atoms with Crippen molar-refractivity contribution in [2.24, 2.45) is 5.92 Å². The minimum atomic E-state index is 0.233. The Hall–Kier alpha value is -1.02. The minimum Gasteiger partial charge on any atom is -0.396 e. The van der Waals surface area contributed by atoms with Crippen molar-refractivity contribution in [2.45, 2.75) is 26.7 Å². The standard InChI is InChI=1S/C13H21NO/c1-10(2)12-6-4-5-7-13(12)14-8-11(3)9-15/h4-7,10-11,14-15H,8-9H2,1-3H3. The zero-order chi connectivity index (χ0) is 11.3. The van der Waals surface area contributed by atoms with E-state index in [-0.39, 0.29) is 6.61 Å². The molecule has 0 saturated heterocycles. The number of hydrogen-bond donors (Lipinski definition) is 2. The SMILES string of the molecule is CC(CO)CNc1ccccc1C(C)C. The molecule has 1 atom stereocenters. The van der Waals surface area contributed by atoms with Crippen molar-refractivity contribution in [1.29, 1.82) is 0 Å². The summed E-state index contributed by atoms with van der Waals surface area (Å²) in [6, 6.07) is 8.35. The molecule has 15 heavy (non-hydrogen) atoms. The van der Waals surface area contributed by atoms with Crippen LogP contribution in [0.4, 0.5) is 5.69 Å². The summed E-state index contributed by atoms with van der Waals surface area (Å²) in [6.07, 6.45) is 0. The van der Waals surface area contributed by atoms with E-state index in [9.17, 15) is 0 Å². The smallest absolute Gasteiger partial charge is 0.0473 e. The molecule has 1 unspecified atom stereocenters. The maximum absolute atomic E-state index is 8.95. The van der Waals surface area contributed by atoms with Crippen LogP contribution in [0.25, 0.3) is 0 Å². The van der Waals surface area contributed by atoms with Gasteiger partial charge in [-0.3, -0.25) is 0 Å². The van der Waals surface area contributed by atoms with Crippen LogP contribution in [0, 0.1) is 5.92 Å². The molecule has 1 aromatic rings. The predicted octanol–water partition coefficient (Wildman–Crippen LogP) is 2.85. The van der Waals surface area contributed by atoms with Crippen LogP contribution in [-0.4, -0.2) is 18.3 Å². The summed E-state index contributed by atoms with van der Waals surface area (Å²) in [6.45, 7) is 7.47. The van der Waals surface area contributed by atoms with Crippen molar-refractivity contribution in [3.63, 3.8) is 0 Å². The number of aliphatic hydroxyl groups is 1. The highest BCUT2D eigenvalue weighted by Crippen LogP contribution is 2.23. The van der Waals surface area contributed by atoms with Gasteiger partial charge >= 0.3 is 0 Å². The lowest BCUT2D eigenvalue weighted by molar-refractivity contribution is 0.244. The van der Waals surface area contributed by atoms with Crippen molar-refractivity contribution in [2.75, 3.05) is 18.5 Å². The summed E-state index contributed by atoms with van der Waals surface area (Å²) < 4.78 is 0. The molecular weight excluding hydrogens is 186 g/mol. The second-order valence-electron chi connectivity index (χ2n) is 4.41. The third-order valence-corrected chi connectivity index (χ3v) is 2.54. The lowest BCUT2D eigenvalue weighted by atomic mass is 10.0. The normalized spacial score (nSPS) is 12.9. The summed E-state index contributed by atoms with van der Waals surface area (Å²) in [4.78, 5) is 0. The van der Waals surface area contributed by atoms with Crippen LogP contribution in [0.1, 0.15) is 32.3 Å². The number of para-hydroxylation sites is 1. The average molecular weight is 207 g/mol. The average Bonchev–Trinajstić information content (AvgIpc) is 2.26. The van der Waals surface area contributed by atoms with Crippen molar-refractivity contribution in [3.05, 3.63) is 29.8 Å². The fraction of sp³-hybridized carbons (Fsp3) is 0.538. The molecule has 0 amide bonds. The fourth-order valence-electron chi connectivity index (χ4n) is 1.51. The molecule has 2 heteroatoms. The van der Waals surface area contributed by atoms with Crippen LogP contribution >= 0.6 is 0 Å². The Morgan fingerprint density at radius 3 is 2.47 bits per heavy atom. The zero-order valence-electron chi connectivity index (χ0n) is 9.83. The van der Waals surface area contributed by atoms with Crippen molar-refractivity contribution >= 4 is 5.69 Å². The molecule has 2 nitrogen and oxygen atoms in total. The predicted molar refractivity (Wildman–Crippen MR) is 65.3 cm³/mol. The number of aliphatic hydroxyl groups excluding tert-OH is 1. The van der Waals surface area contributed by atoms with Gasteiger partial charge in [0.25, 0.3) is 0 Å². The number of hydrogen-bond acceptors (Lipinski definition) is 2. The first kappa shape index (κ1) is 12.1. The van der Waals surface area contributed by atoms with Gasteiger partial charge in [-0.1, -0.05) is 39.0 Å². The van der Waals surface area contributed by atoms with E-state index in [1.807, 2.05) is 13.0 Å². The maximum Gasteiger partial charge on any atom is 0.0473 e. The molecule has 0 aliphatic heterocycles. The van der Waals surface area contributed by atoms with E-state index in [1.54, 1.807) is 0 Å². The Kier molecular flexibility index (Phi) is 4.63. The molecule has 0 aliphatic rings. The second-order valence-corrected chi connectivity index (χ2v) is 4.41. The maximum atomic E-state index is 8.95. The Labute approximate surface area is 92.3 Å². The molecule has 0 spiro atoms. The Balaban J connectivity index is 2.67. The highest BCUT2D eigenvalue weighted by atomic mass is 16.3. The van der Waals surface area contributed by atoms with E-state index < -0.39 is 0 Å². The van der Waals surface area contributed by atoms with Gasteiger partial charge in [0.05, 0.1) is 0 Å². The fourth-order valence-corrected chi connectivity index (χ4v) is 1.51. The zero-order valence-corrected chi connectivity index (χ0v) is 9.83. The van der Waals surface area contributed by atoms with Crippen LogP contribution in [-0.2, 0) is 0 Å². The highest BCUT2D eigenvalue weighted by molar-refractivity contribution is 5.52. The van der Waals surface area contributed by atoms with Gasteiger partial charge in [-0.15, -0.1) is 0 Å². The molecule has 2 N–H and O–H groups in total. The monoisotopic (exact) mass is 207 g/mol. The topological polar surface area (TPSA) is 32.3 Å². The molecule has 0 radical (unpaired) electrons. The number of nitrogens with one attached hydrogen (secondary N) is 1. The van der Waals surface area contributed by atoms with Gasteiger partial charge in [0.1, 0.15) is 0 Å². The molecule has 0 aromatic heterocycles. The van der Waals surface area contributed by atoms with E-state index in [0.29, 0.717) is 11.8 Å². The number of benzene rings is 1. The molecule has 1 aromatic carbocycles. The quantitative estimate of drug-likeness (QED) is 0.778. The van der Waals surface area contributed by atoms with Crippen molar-refractivity contribution in [3.8, 4) is 0 Å². The lowest BCUT2D eigenvalue weighted by Crippen LogP contribution is -2.15. The summed E-state index contributed by atoms with van der Waals surface area (Å²) in [5.41, 5.74) is 2.52. The molecule has 0 fully saturated rings. The van der Waals surface area contributed by atoms with E-state index in [4.69, 9.17) is 5.11 Å². The largest absolute Gasteiger partial charge is 0.396 e. The third kappa shape index (κ3) is 3.56. The van der Waals surface area contributed by atoms with Gasteiger partial charge in [0.2, 0.25) is 0 Å². The second kappa shape index (κ2) is 5.76. The van der Waals surface area contributed by atoms with Gasteiger partial charge in [-0.2, -0.15) is 0 Å². The first-order chi connectivity index (χ1) is 7.15. The van der Waals surface area contributed by atoms with Gasteiger partial charge in [-0.05, 0) is 23.5 Å². The Bertz CT molecular complexity index is 296. The molecular formula is C13H21NO. The molecule has 0 saturated carbocycles. The van der Waals surface area contributed by atoms with Crippen molar-refractivity contribution < 1.29 is 5.11 Å². The third-order valence-electron chi connectivity index (χ3n) is 2.54. The van der Waals surface area contributed by atoms with Crippen LogP contribution in [0.3, 0.4) is 0 Å².